The van der Waals surface area contributed by atoms with Gasteiger partial charge in [0, 0.05) is 6.42 Å². The third-order valence-corrected chi connectivity index (χ3v) is 3.34. The number of nitrogens with zero attached hydrogens (tertiary/aromatic N) is 3. The first-order chi connectivity index (χ1) is 9.83. The van der Waals surface area contributed by atoms with Gasteiger partial charge in [-0.2, -0.15) is 0 Å². The van der Waals surface area contributed by atoms with Crippen LogP contribution in [0.5, 0.6) is 0 Å². The van der Waals surface area contributed by atoms with Crippen LogP contribution in [0.3, 0.4) is 0 Å². The van der Waals surface area contributed by atoms with E-state index in [4.69, 9.17) is 0 Å². The van der Waals surface area contributed by atoms with Crippen LogP contribution in [0.15, 0.2) is 36.5 Å². The molecule has 1 heterocycles. The lowest BCUT2D eigenvalue weighted by Gasteiger charge is -2.05. The molecule has 0 aliphatic rings. The number of carbonyl (C=O) groups is 1. The standard InChI is InChI=1S/C16H21N3O/c1-2-3-4-5-9-12-16(20)15-13-17-18-19(15)14-10-7-6-8-11-14/h6-8,10-11,13H,2-5,9,12H2,1H3. The lowest BCUT2D eigenvalue weighted by atomic mass is 10.1. The van der Waals surface area contributed by atoms with Crippen molar-refractivity contribution >= 4 is 5.78 Å². The summed E-state index contributed by atoms with van der Waals surface area (Å²) in [7, 11) is 0. The fourth-order valence-corrected chi connectivity index (χ4v) is 2.20. The van der Waals surface area contributed by atoms with Gasteiger partial charge in [0.25, 0.3) is 0 Å². The van der Waals surface area contributed by atoms with Crippen molar-refractivity contribution in [3.8, 4) is 5.69 Å². The summed E-state index contributed by atoms with van der Waals surface area (Å²) in [5.41, 5.74) is 1.45. The van der Waals surface area contributed by atoms with E-state index in [1.807, 2.05) is 30.3 Å². The molecule has 0 N–H and O–H groups in total. The van der Waals surface area contributed by atoms with E-state index in [1.165, 1.54) is 19.3 Å². The zero-order valence-corrected chi connectivity index (χ0v) is 12.0. The van der Waals surface area contributed by atoms with Crippen LogP contribution in [0.1, 0.15) is 55.9 Å². The molecule has 1 aromatic carbocycles. The number of rotatable bonds is 8. The molecule has 0 spiro atoms. The normalized spacial score (nSPS) is 10.7. The highest BCUT2D eigenvalue weighted by Crippen LogP contribution is 2.13. The zero-order valence-electron chi connectivity index (χ0n) is 12.0. The van der Waals surface area contributed by atoms with Crippen molar-refractivity contribution in [2.45, 2.75) is 45.4 Å². The summed E-state index contributed by atoms with van der Waals surface area (Å²) in [5.74, 6) is 0.121. The molecule has 0 saturated heterocycles. The Morgan fingerprint density at radius 2 is 1.85 bits per heavy atom. The predicted molar refractivity (Wildman–Crippen MR) is 79.1 cm³/mol. The van der Waals surface area contributed by atoms with Crippen molar-refractivity contribution in [3.63, 3.8) is 0 Å². The Hall–Kier alpha value is -1.97. The van der Waals surface area contributed by atoms with E-state index in [0.29, 0.717) is 12.1 Å². The van der Waals surface area contributed by atoms with Gasteiger partial charge in [0.15, 0.2) is 5.78 Å². The summed E-state index contributed by atoms with van der Waals surface area (Å²) < 4.78 is 1.62. The monoisotopic (exact) mass is 271 g/mol. The average Bonchev–Trinajstić information content (AvgIpc) is 2.97. The minimum absolute atomic E-state index is 0.121. The van der Waals surface area contributed by atoms with Gasteiger partial charge in [0.1, 0.15) is 5.69 Å². The van der Waals surface area contributed by atoms with Gasteiger partial charge in [-0.3, -0.25) is 4.79 Å². The highest BCUT2D eigenvalue weighted by molar-refractivity contribution is 5.94. The Kier molecular flexibility index (Phi) is 5.47. The largest absolute Gasteiger partial charge is 0.292 e. The maximum Gasteiger partial charge on any atom is 0.182 e. The van der Waals surface area contributed by atoms with Crippen molar-refractivity contribution in [2.75, 3.05) is 0 Å². The molecule has 0 bridgehead atoms. The Morgan fingerprint density at radius 1 is 1.10 bits per heavy atom. The van der Waals surface area contributed by atoms with Gasteiger partial charge in [0.05, 0.1) is 11.9 Å². The van der Waals surface area contributed by atoms with E-state index in [2.05, 4.69) is 17.2 Å². The topological polar surface area (TPSA) is 47.8 Å². The molecule has 20 heavy (non-hydrogen) atoms. The second-order valence-corrected chi connectivity index (χ2v) is 4.95. The number of unbranched alkanes of at least 4 members (excludes halogenated alkanes) is 4. The van der Waals surface area contributed by atoms with Crippen LogP contribution >= 0.6 is 0 Å². The number of carbonyl (C=O) groups excluding carboxylic acids is 1. The minimum Gasteiger partial charge on any atom is -0.292 e. The third kappa shape index (κ3) is 3.76. The second-order valence-electron chi connectivity index (χ2n) is 4.95. The van der Waals surface area contributed by atoms with Crippen LogP contribution in [-0.2, 0) is 0 Å². The van der Waals surface area contributed by atoms with Crippen molar-refractivity contribution in [2.24, 2.45) is 0 Å². The van der Waals surface area contributed by atoms with Crippen molar-refractivity contribution in [1.82, 2.24) is 15.0 Å². The summed E-state index contributed by atoms with van der Waals surface area (Å²) in [5, 5.41) is 7.88. The molecule has 0 radical (unpaired) electrons. The second kappa shape index (κ2) is 7.58. The molecular formula is C16H21N3O. The highest BCUT2D eigenvalue weighted by atomic mass is 16.1. The van der Waals surface area contributed by atoms with Crippen LogP contribution in [0.4, 0.5) is 0 Å². The van der Waals surface area contributed by atoms with Gasteiger partial charge in [-0.1, -0.05) is 56.0 Å². The van der Waals surface area contributed by atoms with Crippen molar-refractivity contribution < 1.29 is 4.79 Å². The number of hydrogen-bond acceptors (Lipinski definition) is 3. The number of para-hydroxylation sites is 1. The van der Waals surface area contributed by atoms with Crippen molar-refractivity contribution in [1.29, 1.82) is 0 Å². The van der Waals surface area contributed by atoms with Gasteiger partial charge >= 0.3 is 0 Å². The Bertz CT molecular complexity index is 534. The number of hydrogen-bond donors (Lipinski definition) is 0. The van der Waals surface area contributed by atoms with Crippen LogP contribution in [0.2, 0.25) is 0 Å². The summed E-state index contributed by atoms with van der Waals surface area (Å²) in [6.07, 6.45) is 7.87. The number of benzene rings is 1. The van der Waals surface area contributed by atoms with Gasteiger partial charge in [-0.25, -0.2) is 4.68 Å². The summed E-state index contributed by atoms with van der Waals surface area (Å²) in [6, 6.07) is 9.64. The fourth-order valence-electron chi connectivity index (χ4n) is 2.20. The molecular weight excluding hydrogens is 250 g/mol. The maximum absolute atomic E-state index is 12.2. The molecule has 0 unspecified atom stereocenters. The van der Waals surface area contributed by atoms with E-state index in [9.17, 15) is 4.79 Å². The molecule has 2 rings (SSSR count). The lowest BCUT2D eigenvalue weighted by molar-refractivity contribution is 0.0971. The molecule has 0 amide bonds. The third-order valence-electron chi connectivity index (χ3n) is 3.34. The predicted octanol–water partition coefficient (Wildman–Crippen LogP) is 3.81. The lowest BCUT2D eigenvalue weighted by Crippen LogP contribution is -2.08. The molecule has 1 aromatic heterocycles. The Labute approximate surface area is 119 Å². The molecule has 4 heteroatoms. The van der Waals surface area contributed by atoms with Crippen LogP contribution in [0.25, 0.3) is 5.69 Å². The molecule has 0 aliphatic heterocycles. The smallest absolute Gasteiger partial charge is 0.182 e. The van der Waals surface area contributed by atoms with Crippen LogP contribution in [-0.4, -0.2) is 20.8 Å². The molecule has 0 fully saturated rings. The number of ketones is 1. The van der Waals surface area contributed by atoms with E-state index < -0.39 is 0 Å². The van der Waals surface area contributed by atoms with Gasteiger partial charge in [-0.15, -0.1) is 5.10 Å². The summed E-state index contributed by atoms with van der Waals surface area (Å²) in [4.78, 5) is 12.2. The Morgan fingerprint density at radius 3 is 2.60 bits per heavy atom. The first kappa shape index (κ1) is 14.4. The fraction of sp³-hybridized carbons (Fsp3) is 0.438. The highest BCUT2D eigenvalue weighted by Gasteiger charge is 2.13. The van der Waals surface area contributed by atoms with E-state index in [0.717, 1.165) is 18.5 Å². The average molecular weight is 271 g/mol. The maximum atomic E-state index is 12.2. The molecule has 0 saturated carbocycles. The minimum atomic E-state index is 0.121. The number of aromatic nitrogens is 3. The zero-order chi connectivity index (χ0) is 14.2. The molecule has 0 atom stereocenters. The Balaban J connectivity index is 1.96. The molecule has 0 aliphatic carbocycles. The van der Waals surface area contributed by atoms with Crippen LogP contribution in [0, 0.1) is 0 Å². The van der Waals surface area contributed by atoms with Crippen LogP contribution < -0.4 is 0 Å². The van der Waals surface area contributed by atoms with Gasteiger partial charge in [-0.05, 0) is 18.6 Å². The van der Waals surface area contributed by atoms with Gasteiger partial charge in [0.2, 0.25) is 0 Å². The van der Waals surface area contributed by atoms with E-state index in [-0.39, 0.29) is 5.78 Å². The quantitative estimate of drug-likeness (QED) is 0.542. The van der Waals surface area contributed by atoms with E-state index in [1.54, 1.807) is 10.9 Å². The molecule has 106 valence electrons. The van der Waals surface area contributed by atoms with Gasteiger partial charge < -0.3 is 0 Å². The number of Topliss-reactive ketones (excluding diaryl/α,β-unsaturated/α-hetero) is 1. The summed E-state index contributed by atoms with van der Waals surface area (Å²) in [6.45, 7) is 2.19. The summed E-state index contributed by atoms with van der Waals surface area (Å²) >= 11 is 0. The molecule has 2 aromatic rings. The first-order valence-corrected chi connectivity index (χ1v) is 7.32. The molecule has 4 nitrogen and oxygen atoms in total. The van der Waals surface area contributed by atoms with E-state index >= 15 is 0 Å². The SMILES string of the molecule is CCCCCCCC(=O)c1cnnn1-c1ccccc1. The van der Waals surface area contributed by atoms with Crippen molar-refractivity contribution in [3.05, 3.63) is 42.2 Å². The first-order valence-electron chi connectivity index (χ1n) is 7.32.